The van der Waals surface area contributed by atoms with Crippen LogP contribution in [0.3, 0.4) is 0 Å². The Balaban J connectivity index is 1.89. The average molecular weight is 473 g/mol. The number of benzene rings is 2. The highest BCUT2D eigenvalue weighted by Crippen LogP contribution is 2.39. The maximum Gasteiger partial charge on any atom is 0.335 e. The van der Waals surface area contributed by atoms with Crippen molar-refractivity contribution in [3.8, 4) is 11.5 Å². The summed E-state index contributed by atoms with van der Waals surface area (Å²) >= 11 is 7.60. The molecule has 0 radical (unpaired) electrons. The second-order valence-corrected chi connectivity index (χ2v) is 8.00. The molecule has 2 aromatic carbocycles. The van der Waals surface area contributed by atoms with Crippen molar-refractivity contribution in [2.75, 3.05) is 20.3 Å². The van der Waals surface area contributed by atoms with Crippen molar-refractivity contribution in [1.29, 1.82) is 0 Å². The zero-order valence-electron chi connectivity index (χ0n) is 17.5. The number of hydrogen-bond acceptors (Lipinski definition) is 6. The Hall–Kier alpha value is -3.23. The standard InChI is InChI=1S/C23H21ClN2O5S/c1-4-10-31-20-17(24)11-14(12-18(20)30-5-2)13-19-21(27)26(3)23(32-19)25-16-8-6-15(7-9-16)22(28)29/h4,6-9,11-13H,1,5,10H2,2-3H3,(H,28,29)/b19-13-,25-23?. The fourth-order valence-corrected chi connectivity index (χ4v) is 4.07. The summed E-state index contributed by atoms with van der Waals surface area (Å²) in [4.78, 5) is 30.1. The van der Waals surface area contributed by atoms with Crippen LogP contribution < -0.4 is 9.47 Å². The molecule has 0 aliphatic carbocycles. The molecule has 0 saturated carbocycles. The molecule has 0 unspecified atom stereocenters. The van der Waals surface area contributed by atoms with E-state index in [0.29, 0.717) is 44.5 Å². The van der Waals surface area contributed by atoms with Gasteiger partial charge < -0.3 is 14.6 Å². The number of nitrogens with zero attached hydrogens (tertiary/aromatic N) is 2. The number of hydrogen-bond donors (Lipinski definition) is 1. The van der Waals surface area contributed by atoms with Crippen LogP contribution >= 0.6 is 23.4 Å². The first-order valence-corrected chi connectivity index (χ1v) is 10.8. The molecule has 166 valence electrons. The van der Waals surface area contributed by atoms with Gasteiger partial charge in [-0.2, -0.15) is 0 Å². The Morgan fingerprint density at radius 2 is 2.00 bits per heavy atom. The molecule has 1 N–H and O–H groups in total. The van der Waals surface area contributed by atoms with Crippen LogP contribution in [0.4, 0.5) is 5.69 Å². The van der Waals surface area contributed by atoms with Crippen LogP contribution in [0.5, 0.6) is 11.5 Å². The molecule has 1 saturated heterocycles. The monoisotopic (exact) mass is 472 g/mol. The maximum absolute atomic E-state index is 12.7. The highest BCUT2D eigenvalue weighted by atomic mass is 35.5. The number of carbonyl (C=O) groups excluding carboxylic acids is 1. The molecule has 0 spiro atoms. The van der Waals surface area contributed by atoms with Crippen LogP contribution in [0.2, 0.25) is 5.02 Å². The quantitative estimate of drug-likeness (QED) is 0.417. The molecule has 1 heterocycles. The summed E-state index contributed by atoms with van der Waals surface area (Å²) in [5, 5.41) is 9.85. The zero-order chi connectivity index (χ0) is 23.3. The SMILES string of the molecule is C=CCOc1c(Cl)cc(/C=C2\SC(=Nc3ccc(C(=O)O)cc3)N(C)C2=O)cc1OCC. The lowest BCUT2D eigenvalue weighted by Crippen LogP contribution is -2.23. The van der Waals surface area contributed by atoms with E-state index in [4.69, 9.17) is 26.2 Å². The van der Waals surface area contributed by atoms with Gasteiger partial charge in [-0.05, 0) is 66.7 Å². The number of carbonyl (C=O) groups is 2. The average Bonchev–Trinajstić information content (AvgIpc) is 3.01. The van der Waals surface area contributed by atoms with Gasteiger partial charge in [-0.3, -0.25) is 9.69 Å². The van der Waals surface area contributed by atoms with Crippen LogP contribution in [0.1, 0.15) is 22.8 Å². The summed E-state index contributed by atoms with van der Waals surface area (Å²) in [5.41, 5.74) is 1.39. The largest absolute Gasteiger partial charge is 0.490 e. The number of carboxylic acids is 1. The van der Waals surface area contributed by atoms with Crippen molar-refractivity contribution < 1.29 is 24.2 Å². The van der Waals surface area contributed by atoms with Gasteiger partial charge >= 0.3 is 5.97 Å². The topological polar surface area (TPSA) is 88.4 Å². The maximum atomic E-state index is 12.7. The predicted octanol–water partition coefficient (Wildman–Crippen LogP) is 5.24. The van der Waals surface area contributed by atoms with E-state index < -0.39 is 5.97 Å². The highest BCUT2D eigenvalue weighted by Gasteiger charge is 2.30. The van der Waals surface area contributed by atoms with Crippen LogP contribution in [-0.2, 0) is 4.79 Å². The number of amidine groups is 1. The van der Waals surface area contributed by atoms with Gasteiger partial charge in [-0.25, -0.2) is 9.79 Å². The van der Waals surface area contributed by atoms with Gasteiger partial charge in [-0.15, -0.1) is 0 Å². The van der Waals surface area contributed by atoms with Crippen LogP contribution in [-0.4, -0.2) is 47.3 Å². The molecular weight excluding hydrogens is 452 g/mol. The highest BCUT2D eigenvalue weighted by molar-refractivity contribution is 8.18. The molecular formula is C23H21ClN2O5S. The van der Waals surface area contributed by atoms with Crippen LogP contribution in [0, 0.1) is 0 Å². The number of ether oxygens (including phenoxy) is 2. The zero-order valence-corrected chi connectivity index (χ0v) is 19.1. The smallest absolute Gasteiger partial charge is 0.335 e. The van der Waals surface area contributed by atoms with E-state index >= 15 is 0 Å². The summed E-state index contributed by atoms with van der Waals surface area (Å²) in [5.74, 6) is -0.324. The van der Waals surface area contributed by atoms with Crippen molar-refractivity contribution in [1.82, 2.24) is 4.90 Å². The normalized spacial score (nSPS) is 16.0. The Morgan fingerprint density at radius 1 is 1.28 bits per heavy atom. The van der Waals surface area contributed by atoms with Crippen molar-refractivity contribution in [3.63, 3.8) is 0 Å². The van der Waals surface area contributed by atoms with Gasteiger partial charge in [0, 0.05) is 7.05 Å². The fraction of sp³-hybridized carbons (Fsp3) is 0.174. The summed E-state index contributed by atoms with van der Waals surface area (Å²) in [6, 6.07) is 9.57. The number of aromatic carboxylic acids is 1. The molecule has 9 heteroatoms. The Labute approximate surface area is 195 Å². The van der Waals surface area contributed by atoms with Gasteiger partial charge in [0.2, 0.25) is 0 Å². The summed E-state index contributed by atoms with van der Waals surface area (Å²) in [6.07, 6.45) is 3.33. The van der Waals surface area contributed by atoms with Crippen molar-refractivity contribution in [2.45, 2.75) is 6.92 Å². The fourth-order valence-electron chi connectivity index (χ4n) is 2.81. The third kappa shape index (κ3) is 5.33. The van der Waals surface area contributed by atoms with Gasteiger partial charge in [0.1, 0.15) is 6.61 Å². The van der Waals surface area contributed by atoms with E-state index in [2.05, 4.69) is 11.6 Å². The van der Waals surface area contributed by atoms with Gasteiger partial charge in [0.05, 0.1) is 27.8 Å². The van der Waals surface area contributed by atoms with E-state index in [-0.39, 0.29) is 18.1 Å². The van der Waals surface area contributed by atoms with Gasteiger partial charge in [-0.1, -0.05) is 24.3 Å². The summed E-state index contributed by atoms with van der Waals surface area (Å²) in [6.45, 7) is 6.20. The minimum atomic E-state index is -1.01. The Bertz CT molecular complexity index is 1110. The second-order valence-electron chi connectivity index (χ2n) is 6.58. The molecule has 1 fully saturated rings. The molecule has 0 aromatic heterocycles. The molecule has 1 aliphatic heterocycles. The Morgan fingerprint density at radius 3 is 2.62 bits per heavy atom. The van der Waals surface area contributed by atoms with E-state index in [1.54, 1.807) is 43.5 Å². The minimum absolute atomic E-state index is 0.167. The molecule has 0 bridgehead atoms. The first-order valence-electron chi connectivity index (χ1n) is 9.63. The molecule has 7 nitrogen and oxygen atoms in total. The van der Waals surface area contributed by atoms with Crippen molar-refractivity contribution in [2.24, 2.45) is 4.99 Å². The lowest BCUT2D eigenvalue weighted by atomic mass is 10.1. The number of carboxylic acid groups (broad SMARTS) is 1. The number of thioether (sulfide) groups is 1. The van der Waals surface area contributed by atoms with E-state index in [1.165, 1.54) is 28.8 Å². The predicted molar refractivity (Wildman–Crippen MR) is 127 cm³/mol. The van der Waals surface area contributed by atoms with E-state index in [9.17, 15) is 9.59 Å². The minimum Gasteiger partial charge on any atom is -0.490 e. The summed E-state index contributed by atoms with van der Waals surface area (Å²) < 4.78 is 11.3. The number of aliphatic imine (C=N–C) groups is 1. The molecule has 3 rings (SSSR count). The number of likely N-dealkylation sites (N-methyl/N-ethyl adjacent to an activating group) is 1. The summed E-state index contributed by atoms with van der Waals surface area (Å²) in [7, 11) is 1.63. The first-order chi connectivity index (χ1) is 15.3. The second kappa shape index (κ2) is 10.4. The molecule has 1 amide bonds. The molecule has 32 heavy (non-hydrogen) atoms. The van der Waals surface area contributed by atoms with Crippen LogP contribution in [0.15, 0.2) is 59.0 Å². The molecule has 0 atom stereocenters. The molecule has 1 aliphatic rings. The number of rotatable bonds is 8. The van der Waals surface area contributed by atoms with Gasteiger partial charge in [0.15, 0.2) is 16.7 Å². The van der Waals surface area contributed by atoms with Gasteiger partial charge in [0.25, 0.3) is 5.91 Å². The number of halogens is 1. The third-order valence-corrected chi connectivity index (χ3v) is 5.66. The van der Waals surface area contributed by atoms with Crippen molar-refractivity contribution >= 4 is 52.2 Å². The Kier molecular flexibility index (Phi) is 7.61. The number of amides is 1. The van der Waals surface area contributed by atoms with E-state index in [0.717, 1.165) is 0 Å². The molecule has 2 aromatic rings. The third-order valence-electron chi connectivity index (χ3n) is 4.32. The lowest BCUT2D eigenvalue weighted by molar-refractivity contribution is -0.121. The lowest BCUT2D eigenvalue weighted by Gasteiger charge is -2.13. The first kappa shape index (κ1) is 23.4. The van der Waals surface area contributed by atoms with Crippen LogP contribution in [0.25, 0.3) is 6.08 Å². The van der Waals surface area contributed by atoms with Crippen molar-refractivity contribution in [3.05, 3.63) is 70.1 Å². The van der Waals surface area contributed by atoms with E-state index in [1.807, 2.05) is 6.92 Å².